The van der Waals surface area contributed by atoms with Crippen molar-refractivity contribution in [3.63, 3.8) is 0 Å². The normalized spacial score (nSPS) is 14.3. The Kier molecular flexibility index (Phi) is 4.36. The van der Waals surface area contributed by atoms with Gasteiger partial charge in [-0.3, -0.25) is 4.79 Å². The molecule has 1 amide bonds. The molecule has 1 aliphatic carbocycles. The van der Waals surface area contributed by atoms with Gasteiger partial charge in [-0.25, -0.2) is 9.97 Å². The Bertz CT molecular complexity index is 676. The second-order valence-electron chi connectivity index (χ2n) is 6.12. The molecule has 2 aromatic rings. The maximum atomic E-state index is 12.6. The summed E-state index contributed by atoms with van der Waals surface area (Å²) < 4.78 is 5.22. The standard InChI is InChI=1S/C16H21N5O2/c1-4-21(9-13-19-14(10(2)3)20-23-13)16(22)12-7-17-15(18-8-12)11-5-6-11/h7-8,10-11H,4-6,9H2,1-3H3. The third-order valence-electron chi connectivity index (χ3n) is 3.86. The first-order valence-corrected chi connectivity index (χ1v) is 8.02. The van der Waals surface area contributed by atoms with Crippen LogP contribution >= 0.6 is 0 Å². The summed E-state index contributed by atoms with van der Waals surface area (Å²) in [6, 6.07) is 0. The number of hydrogen-bond donors (Lipinski definition) is 0. The molecular weight excluding hydrogens is 294 g/mol. The lowest BCUT2D eigenvalue weighted by Crippen LogP contribution is -2.30. The van der Waals surface area contributed by atoms with Crippen molar-refractivity contribution >= 4 is 5.91 Å². The molecule has 7 heteroatoms. The van der Waals surface area contributed by atoms with E-state index in [2.05, 4.69) is 20.1 Å². The van der Waals surface area contributed by atoms with E-state index in [1.165, 1.54) is 0 Å². The highest BCUT2D eigenvalue weighted by atomic mass is 16.5. The van der Waals surface area contributed by atoms with Crippen LogP contribution in [0.25, 0.3) is 0 Å². The highest BCUT2D eigenvalue weighted by Crippen LogP contribution is 2.37. The summed E-state index contributed by atoms with van der Waals surface area (Å²) in [5.74, 6) is 2.48. The summed E-state index contributed by atoms with van der Waals surface area (Å²) in [6.07, 6.45) is 5.51. The first-order chi connectivity index (χ1) is 11.1. The molecule has 7 nitrogen and oxygen atoms in total. The lowest BCUT2D eigenvalue weighted by Gasteiger charge is -2.18. The minimum atomic E-state index is -0.126. The topological polar surface area (TPSA) is 85.0 Å². The largest absolute Gasteiger partial charge is 0.337 e. The van der Waals surface area contributed by atoms with Crippen molar-refractivity contribution in [3.05, 3.63) is 35.5 Å². The average molecular weight is 315 g/mol. The molecule has 0 unspecified atom stereocenters. The molecule has 0 aromatic carbocycles. The summed E-state index contributed by atoms with van der Waals surface area (Å²) in [4.78, 5) is 27.1. The Morgan fingerprint density at radius 1 is 1.35 bits per heavy atom. The molecule has 2 heterocycles. The highest BCUT2D eigenvalue weighted by Gasteiger charge is 2.27. The fraction of sp³-hybridized carbons (Fsp3) is 0.562. The number of nitrogens with zero attached hydrogens (tertiary/aromatic N) is 5. The van der Waals surface area contributed by atoms with Crippen LogP contribution in [0, 0.1) is 0 Å². The summed E-state index contributed by atoms with van der Waals surface area (Å²) in [5, 5.41) is 3.92. The molecular formula is C16H21N5O2. The summed E-state index contributed by atoms with van der Waals surface area (Å²) in [5.41, 5.74) is 0.486. The van der Waals surface area contributed by atoms with Gasteiger partial charge < -0.3 is 9.42 Å². The van der Waals surface area contributed by atoms with Gasteiger partial charge in [0.2, 0.25) is 5.89 Å². The molecule has 0 atom stereocenters. The van der Waals surface area contributed by atoms with E-state index in [4.69, 9.17) is 4.52 Å². The van der Waals surface area contributed by atoms with E-state index < -0.39 is 0 Å². The number of hydrogen-bond acceptors (Lipinski definition) is 6. The average Bonchev–Trinajstić information content (AvgIpc) is 3.30. The van der Waals surface area contributed by atoms with Crippen LogP contribution in [0.5, 0.6) is 0 Å². The molecule has 2 aromatic heterocycles. The maximum absolute atomic E-state index is 12.6. The zero-order valence-electron chi connectivity index (χ0n) is 13.7. The van der Waals surface area contributed by atoms with Crippen LogP contribution in [-0.2, 0) is 6.54 Å². The smallest absolute Gasteiger partial charge is 0.257 e. The third kappa shape index (κ3) is 3.55. The predicted molar refractivity (Wildman–Crippen MR) is 82.8 cm³/mol. The minimum Gasteiger partial charge on any atom is -0.337 e. The Balaban J connectivity index is 1.69. The molecule has 122 valence electrons. The quantitative estimate of drug-likeness (QED) is 0.814. The second-order valence-corrected chi connectivity index (χ2v) is 6.12. The fourth-order valence-corrected chi connectivity index (χ4v) is 2.24. The van der Waals surface area contributed by atoms with Crippen molar-refractivity contribution in [2.75, 3.05) is 6.54 Å². The van der Waals surface area contributed by atoms with Gasteiger partial charge in [-0.1, -0.05) is 19.0 Å². The first kappa shape index (κ1) is 15.6. The molecule has 0 saturated heterocycles. The van der Waals surface area contributed by atoms with Crippen molar-refractivity contribution in [2.24, 2.45) is 0 Å². The monoisotopic (exact) mass is 315 g/mol. The zero-order chi connectivity index (χ0) is 16.4. The number of amides is 1. The van der Waals surface area contributed by atoms with Gasteiger partial charge in [0, 0.05) is 30.8 Å². The summed E-state index contributed by atoms with van der Waals surface area (Å²) in [7, 11) is 0. The predicted octanol–water partition coefficient (Wildman–Crippen LogP) is 2.52. The van der Waals surface area contributed by atoms with Crippen molar-refractivity contribution in [1.29, 1.82) is 0 Å². The Morgan fingerprint density at radius 2 is 2.04 bits per heavy atom. The Morgan fingerprint density at radius 3 is 2.57 bits per heavy atom. The number of rotatable bonds is 6. The summed E-state index contributed by atoms with van der Waals surface area (Å²) >= 11 is 0. The first-order valence-electron chi connectivity index (χ1n) is 8.02. The van der Waals surface area contributed by atoms with E-state index in [0.29, 0.717) is 36.3 Å². The molecule has 1 saturated carbocycles. The van der Waals surface area contributed by atoms with E-state index in [1.807, 2.05) is 20.8 Å². The van der Waals surface area contributed by atoms with Gasteiger partial charge in [0.05, 0.1) is 5.56 Å². The molecule has 0 radical (unpaired) electrons. The van der Waals surface area contributed by atoms with Gasteiger partial charge in [-0.15, -0.1) is 0 Å². The van der Waals surface area contributed by atoms with Gasteiger partial charge in [-0.05, 0) is 19.8 Å². The lowest BCUT2D eigenvalue weighted by molar-refractivity contribution is 0.0733. The van der Waals surface area contributed by atoms with Gasteiger partial charge >= 0.3 is 0 Å². The number of carbonyl (C=O) groups excluding carboxylic acids is 1. The van der Waals surface area contributed by atoms with E-state index in [9.17, 15) is 4.79 Å². The van der Waals surface area contributed by atoms with Crippen LogP contribution in [0.4, 0.5) is 0 Å². The molecule has 0 bridgehead atoms. The van der Waals surface area contributed by atoms with Gasteiger partial charge in [0.25, 0.3) is 5.91 Å². The Hall–Kier alpha value is -2.31. The van der Waals surface area contributed by atoms with Crippen molar-refractivity contribution in [2.45, 2.75) is 52.0 Å². The maximum Gasteiger partial charge on any atom is 0.257 e. The number of carbonyl (C=O) groups is 1. The zero-order valence-corrected chi connectivity index (χ0v) is 13.7. The molecule has 23 heavy (non-hydrogen) atoms. The van der Waals surface area contributed by atoms with Crippen LogP contribution in [0.2, 0.25) is 0 Å². The minimum absolute atomic E-state index is 0.126. The van der Waals surface area contributed by atoms with Crippen molar-refractivity contribution in [3.8, 4) is 0 Å². The summed E-state index contributed by atoms with van der Waals surface area (Å²) in [6.45, 7) is 6.74. The van der Waals surface area contributed by atoms with Crippen molar-refractivity contribution < 1.29 is 9.32 Å². The Labute approximate surface area is 135 Å². The highest BCUT2D eigenvalue weighted by molar-refractivity contribution is 5.93. The van der Waals surface area contributed by atoms with Crippen molar-refractivity contribution in [1.82, 2.24) is 25.0 Å². The second kappa shape index (κ2) is 6.44. The molecule has 1 aliphatic rings. The van der Waals surface area contributed by atoms with Gasteiger partial charge in [-0.2, -0.15) is 4.98 Å². The molecule has 1 fully saturated rings. The molecule has 3 rings (SSSR count). The number of aromatic nitrogens is 4. The lowest BCUT2D eigenvalue weighted by atomic mass is 10.2. The van der Waals surface area contributed by atoms with Gasteiger partial charge in [0.15, 0.2) is 5.82 Å². The van der Waals surface area contributed by atoms with Crippen LogP contribution in [0.3, 0.4) is 0 Å². The van der Waals surface area contributed by atoms with E-state index in [0.717, 1.165) is 18.7 Å². The van der Waals surface area contributed by atoms with Crippen LogP contribution in [-0.4, -0.2) is 37.5 Å². The molecule has 0 aliphatic heterocycles. The van der Waals surface area contributed by atoms with Crippen LogP contribution in [0.15, 0.2) is 16.9 Å². The molecule has 0 spiro atoms. The van der Waals surface area contributed by atoms with Gasteiger partial charge in [0.1, 0.15) is 12.4 Å². The molecule has 0 N–H and O–H groups in total. The van der Waals surface area contributed by atoms with E-state index in [1.54, 1.807) is 17.3 Å². The van der Waals surface area contributed by atoms with Crippen LogP contribution in [0.1, 0.15) is 73.3 Å². The van der Waals surface area contributed by atoms with E-state index in [-0.39, 0.29) is 11.8 Å². The third-order valence-corrected chi connectivity index (χ3v) is 3.86. The van der Waals surface area contributed by atoms with E-state index >= 15 is 0 Å². The van der Waals surface area contributed by atoms with Crippen LogP contribution < -0.4 is 0 Å². The fourth-order valence-electron chi connectivity index (χ4n) is 2.24. The SMILES string of the molecule is CCN(Cc1nc(C(C)C)no1)C(=O)c1cnc(C2CC2)nc1.